The third kappa shape index (κ3) is 2.97. The Morgan fingerprint density at radius 1 is 1.28 bits per heavy atom. The van der Waals surface area contributed by atoms with Crippen molar-refractivity contribution < 1.29 is 0 Å². The van der Waals surface area contributed by atoms with E-state index in [2.05, 4.69) is 34.3 Å². The van der Waals surface area contributed by atoms with Crippen LogP contribution >= 0.6 is 12.2 Å². The molecule has 1 aromatic carbocycles. The van der Waals surface area contributed by atoms with Gasteiger partial charge in [-0.25, -0.2) is 4.98 Å². The van der Waals surface area contributed by atoms with Gasteiger partial charge in [-0.05, 0) is 43.0 Å². The number of thiocarbonyl (C=S) groups is 1. The van der Waals surface area contributed by atoms with Crippen LogP contribution < -0.4 is 5.32 Å². The highest BCUT2D eigenvalue weighted by Crippen LogP contribution is 2.33. The first-order valence-corrected chi connectivity index (χ1v) is 8.63. The van der Waals surface area contributed by atoms with Crippen molar-refractivity contribution in [1.29, 1.82) is 5.26 Å². The minimum Gasteiger partial charge on any atom is -0.333 e. The first-order valence-electron chi connectivity index (χ1n) is 8.22. The number of pyridine rings is 2. The second kappa shape index (κ2) is 6.23. The molecule has 0 radical (unpaired) electrons. The summed E-state index contributed by atoms with van der Waals surface area (Å²) in [5, 5.41) is 14.6. The van der Waals surface area contributed by atoms with Gasteiger partial charge >= 0.3 is 0 Å². The molecule has 122 valence electrons. The van der Waals surface area contributed by atoms with Crippen LogP contribution in [0, 0.1) is 24.2 Å². The number of nitrogens with zero attached hydrogens (tertiary/aromatic N) is 3. The quantitative estimate of drug-likeness (QED) is 0.702. The normalized spacial score (nSPS) is 13.4. The number of aryl methyl sites for hydroxylation is 1. The fraction of sp³-hybridized carbons (Fsp3) is 0.200. The molecule has 0 amide bonds. The minimum absolute atomic E-state index is 0.440. The molecule has 0 atom stereocenters. The van der Waals surface area contributed by atoms with E-state index >= 15 is 0 Å². The van der Waals surface area contributed by atoms with Crippen LogP contribution in [0.4, 0.5) is 5.82 Å². The number of aromatic nitrogens is 2. The predicted molar refractivity (Wildman–Crippen MR) is 103 cm³/mol. The third-order valence-corrected chi connectivity index (χ3v) is 4.98. The van der Waals surface area contributed by atoms with Crippen LogP contribution in [-0.2, 0) is 0 Å². The summed E-state index contributed by atoms with van der Waals surface area (Å²) in [6.07, 6.45) is 7.68. The summed E-state index contributed by atoms with van der Waals surface area (Å²) in [4.78, 5) is 9.44. The number of nitriles is 1. The molecule has 1 N–H and O–H groups in total. The van der Waals surface area contributed by atoms with Gasteiger partial charge in [0, 0.05) is 40.8 Å². The molecular weight excluding hydrogens is 328 g/mol. The van der Waals surface area contributed by atoms with Crippen LogP contribution in [0.1, 0.15) is 24.0 Å². The van der Waals surface area contributed by atoms with Crippen LogP contribution in [0.5, 0.6) is 0 Å². The number of rotatable bonds is 3. The molecule has 0 spiro atoms. The van der Waals surface area contributed by atoms with E-state index in [1.807, 2.05) is 24.4 Å². The molecule has 5 heteroatoms. The maximum atomic E-state index is 9.63. The Morgan fingerprint density at radius 3 is 2.84 bits per heavy atom. The number of fused-ring (bicyclic) bond motifs is 1. The largest absolute Gasteiger partial charge is 0.333 e. The van der Waals surface area contributed by atoms with Gasteiger partial charge in [-0.1, -0.05) is 24.4 Å². The Bertz CT molecular complexity index is 1030. The van der Waals surface area contributed by atoms with Gasteiger partial charge in [0.1, 0.15) is 17.5 Å². The number of hydrogen-bond acceptors (Lipinski definition) is 4. The number of benzene rings is 1. The first kappa shape index (κ1) is 15.7. The zero-order valence-electron chi connectivity index (χ0n) is 13.8. The second-order valence-electron chi connectivity index (χ2n) is 6.35. The standard InChI is InChI=1S/C20H16N4S/c1-12-6-7-22-11-18(12)14-4-5-16-15(8-14)10-23-19(17(16)9-21)24-20(25)13-2-3-13/h4-8,10-11,13H,2-3H2,1H3,(H,23,24,25). The summed E-state index contributed by atoms with van der Waals surface area (Å²) in [6.45, 7) is 2.06. The van der Waals surface area contributed by atoms with E-state index < -0.39 is 0 Å². The molecule has 2 aromatic heterocycles. The number of anilines is 1. The van der Waals surface area contributed by atoms with Gasteiger partial charge in [-0.15, -0.1) is 0 Å². The van der Waals surface area contributed by atoms with Crippen molar-refractivity contribution in [2.45, 2.75) is 19.8 Å². The average molecular weight is 344 g/mol. The minimum atomic E-state index is 0.440. The molecular formula is C20H16N4S. The molecule has 0 bridgehead atoms. The molecule has 25 heavy (non-hydrogen) atoms. The summed E-state index contributed by atoms with van der Waals surface area (Å²) in [5.41, 5.74) is 3.85. The lowest BCUT2D eigenvalue weighted by Crippen LogP contribution is -2.13. The van der Waals surface area contributed by atoms with Crippen molar-refractivity contribution in [3.05, 3.63) is 54.0 Å². The van der Waals surface area contributed by atoms with E-state index in [1.165, 1.54) is 0 Å². The molecule has 0 unspecified atom stereocenters. The van der Waals surface area contributed by atoms with Crippen molar-refractivity contribution in [3.63, 3.8) is 0 Å². The zero-order valence-corrected chi connectivity index (χ0v) is 14.6. The summed E-state index contributed by atoms with van der Waals surface area (Å²) in [5.74, 6) is 0.993. The van der Waals surface area contributed by atoms with Crippen molar-refractivity contribution in [3.8, 4) is 17.2 Å². The molecule has 0 saturated heterocycles. The Labute approximate surface area is 151 Å². The lowest BCUT2D eigenvalue weighted by Gasteiger charge is -2.11. The van der Waals surface area contributed by atoms with E-state index in [1.54, 1.807) is 12.4 Å². The average Bonchev–Trinajstić information content (AvgIpc) is 3.47. The molecule has 3 aromatic rings. The Kier molecular flexibility index (Phi) is 3.90. The van der Waals surface area contributed by atoms with Crippen molar-refractivity contribution in [2.75, 3.05) is 5.32 Å². The highest BCUT2D eigenvalue weighted by molar-refractivity contribution is 7.80. The highest BCUT2D eigenvalue weighted by atomic mass is 32.1. The predicted octanol–water partition coefficient (Wildman–Crippen LogP) is 4.63. The zero-order chi connectivity index (χ0) is 17.4. The van der Waals surface area contributed by atoms with Gasteiger partial charge in [0.15, 0.2) is 0 Å². The Hall–Kier alpha value is -2.84. The smallest absolute Gasteiger partial charge is 0.149 e. The fourth-order valence-electron chi connectivity index (χ4n) is 2.93. The second-order valence-corrected chi connectivity index (χ2v) is 6.79. The first-order chi connectivity index (χ1) is 12.2. The molecule has 4 rings (SSSR count). The number of nitrogens with one attached hydrogen (secondary N) is 1. The number of hydrogen-bond donors (Lipinski definition) is 1. The summed E-state index contributed by atoms with van der Waals surface area (Å²) >= 11 is 5.38. The monoisotopic (exact) mass is 344 g/mol. The van der Waals surface area contributed by atoms with E-state index in [0.717, 1.165) is 45.3 Å². The Balaban J connectivity index is 1.78. The van der Waals surface area contributed by atoms with Crippen LogP contribution in [0.15, 0.2) is 42.9 Å². The molecule has 1 saturated carbocycles. The SMILES string of the molecule is Cc1ccncc1-c1ccc2c(C#N)c(NC(=S)C3CC3)ncc2c1. The van der Waals surface area contributed by atoms with Gasteiger partial charge < -0.3 is 5.32 Å². The van der Waals surface area contributed by atoms with Crippen molar-refractivity contribution in [2.24, 2.45) is 5.92 Å². The van der Waals surface area contributed by atoms with E-state index in [4.69, 9.17) is 12.2 Å². The van der Waals surface area contributed by atoms with E-state index in [0.29, 0.717) is 17.3 Å². The molecule has 4 nitrogen and oxygen atoms in total. The van der Waals surface area contributed by atoms with Crippen LogP contribution in [-0.4, -0.2) is 15.0 Å². The third-order valence-electron chi connectivity index (χ3n) is 4.54. The molecule has 0 aliphatic heterocycles. The fourth-order valence-corrected chi connectivity index (χ4v) is 3.26. The van der Waals surface area contributed by atoms with Crippen LogP contribution in [0.2, 0.25) is 0 Å². The molecule has 1 fully saturated rings. The van der Waals surface area contributed by atoms with E-state index in [-0.39, 0.29) is 0 Å². The Morgan fingerprint density at radius 2 is 2.12 bits per heavy atom. The van der Waals surface area contributed by atoms with E-state index in [9.17, 15) is 5.26 Å². The lowest BCUT2D eigenvalue weighted by atomic mass is 9.98. The van der Waals surface area contributed by atoms with Gasteiger partial charge in [-0.2, -0.15) is 5.26 Å². The van der Waals surface area contributed by atoms with Crippen molar-refractivity contribution in [1.82, 2.24) is 9.97 Å². The highest BCUT2D eigenvalue weighted by Gasteiger charge is 2.27. The molecule has 2 heterocycles. The van der Waals surface area contributed by atoms with Gasteiger partial charge in [0.2, 0.25) is 0 Å². The summed E-state index contributed by atoms with van der Waals surface area (Å²) < 4.78 is 0. The maximum Gasteiger partial charge on any atom is 0.149 e. The van der Waals surface area contributed by atoms with Gasteiger partial charge in [0.05, 0.1) is 4.99 Å². The maximum absolute atomic E-state index is 9.63. The topological polar surface area (TPSA) is 61.6 Å². The summed E-state index contributed by atoms with van der Waals surface area (Å²) in [6, 6.07) is 10.3. The van der Waals surface area contributed by atoms with Crippen LogP contribution in [0.3, 0.4) is 0 Å². The lowest BCUT2D eigenvalue weighted by molar-refractivity contribution is 1.20. The summed E-state index contributed by atoms with van der Waals surface area (Å²) in [7, 11) is 0. The molecule has 1 aliphatic carbocycles. The van der Waals surface area contributed by atoms with Gasteiger partial charge in [-0.3, -0.25) is 4.98 Å². The van der Waals surface area contributed by atoms with Crippen LogP contribution in [0.25, 0.3) is 21.9 Å². The molecule has 1 aliphatic rings. The van der Waals surface area contributed by atoms with Crippen molar-refractivity contribution >= 4 is 33.8 Å². The van der Waals surface area contributed by atoms with Gasteiger partial charge in [0.25, 0.3) is 0 Å².